The van der Waals surface area contributed by atoms with Crippen molar-refractivity contribution < 1.29 is 23.9 Å². The van der Waals surface area contributed by atoms with Crippen molar-refractivity contribution in [3.05, 3.63) is 93.6 Å². The number of fused-ring (bicyclic) bond motifs is 3. The van der Waals surface area contributed by atoms with Gasteiger partial charge in [0.2, 0.25) is 11.4 Å². The van der Waals surface area contributed by atoms with Crippen LogP contribution in [0.3, 0.4) is 0 Å². The van der Waals surface area contributed by atoms with E-state index in [0.29, 0.717) is 29.8 Å². The van der Waals surface area contributed by atoms with E-state index in [1.54, 1.807) is 6.92 Å². The molecule has 0 amide bonds. The number of nitrogens with two attached hydrogens (primary N) is 1. The van der Waals surface area contributed by atoms with Crippen LogP contribution in [-0.4, -0.2) is 49.4 Å². The molecule has 0 saturated carbocycles. The van der Waals surface area contributed by atoms with Gasteiger partial charge in [0.25, 0.3) is 0 Å². The number of esters is 2. The number of Topliss-reactive ketones (excluding diaryl/α,β-unsaturated/α-hetero) is 1. The first kappa shape index (κ1) is 27.2. The number of carbonyl (C=O) groups excluding carboxylic acids is 3. The lowest BCUT2D eigenvalue weighted by Gasteiger charge is -2.39. The van der Waals surface area contributed by atoms with Gasteiger partial charge >= 0.3 is 11.9 Å². The molecule has 6 rings (SSSR count). The average Bonchev–Trinajstić information content (AvgIpc) is 3.31. The molecule has 2 aromatic rings. The fourth-order valence-electron chi connectivity index (χ4n) is 6.66. The summed E-state index contributed by atoms with van der Waals surface area (Å²) >= 11 is 0. The molecule has 0 saturated heterocycles. The van der Waals surface area contributed by atoms with Crippen molar-refractivity contribution in [3.8, 4) is 0 Å². The number of cyclic esters (lactones) is 1. The fraction of sp³-hybridized carbons (Fsp3) is 0.344. The molecule has 2 aromatic carbocycles. The maximum absolute atomic E-state index is 14.1. The first-order valence-corrected chi connectivity index (χ1v) is 17.4. The van der Waals surface area contributed by atoms with Gasteiger partial charge in [0, 0.05) is 29.8 Å². The third-order valence-electron chi connectivity index (χ3n) is 8.67. The van der Waals surface area contributed by atoms with E-state index >= 15 is 0 Å². The number of carbonyl (C=O) groups is 3. The number of rotatable bonds is 7. The summed E-state index contributed by atoms with van der Waals surface area (Å²) in [4.78, 5) is 41.7. The van der Waals surface area contributed by atoms with Crippen molar-refractivity contribution in [2.45, 2.75) is 57.5 Å². The van der Waals surface area contributed by atoms with E-state index in [2.05, 4.69) is 71.9 Å². The lowest BCUT2D eigenvalue weighted by molar-refractivity contribution is -0.180. The summed E-state index contributed by atoms with van der Waals surface area (Å²) in [6.45, 7) is 7.10. The molecule has 9 heteroatoms. The lowest BCUT2D eigenvalue weighted by Crippen LogP contribution is -2.51. The molecule has 0 fully saturated rings. The molecule has 3 heterocycles. The van der Waals surface area contributed by atoms with E-state index in [0.717, 1.165) is 23.1 Å². The quantitative estimate of drug-likeness (QED) is 0.387. The van der Waals surface area contributed by atoms with E-state index in [1.807, 2.05) is 6.07 Å². The molecule has 4 aliphatic rings. The van der Waals surface area contributed by atoms with Crippen LogP contribution in [0.5, 0.6) is 0 Å². The molecule has 0 spiro atoms. The van der Waals surface area contributed by atoms with Crippen LogP contribution in [-0.2, 0) is 36.4 Å². The van der Waals surface area contributed by atoms with Gasteiger partial charge < -0.3 is 25.4 Å². The third kappa shape index (κ3) is 4.44. The molecule has 0 aromatic heterocycles. The summed E-state index contributed by atoms with van der Waals surface area (Å²) in [5.41, 5.74) is 9.85. The van der Waals surface area contributed by atoms with Gasteiger partial charge in [-0.05, 0) is 29.7 Å². The van der Waals surface area contributed by atoms with Gasteiger partial charge in [0.05, 0.1) is 21.0 Å². The number of hydrogen-bond acceptors (Lipinski definition) is 8. The van der Waals surface area contributed by atoms with Crippen molar-refractivity contribution in [2.24, 2.45) is 5.73 Å². The predicted molar refractivity (Wildman–Crippen MR) is 158 cm³/mol. The number of allylic oxidation sites excluding steroid dienone is 2. The Hall–Kier alpha value is -3.95. The second kappa shape index (κ2) is 10.1. The Kier molecular flexibility index (Phi) is 6.74. The summed E-state index contributed by atoms with van der Waals surface area (Å²) in [6.07, 6.45) is 2.54. The van der Waals surface area contributed by atoms with Crippen molar-refractivity contribution >= 4 is 37.1 Å². The highest BCUT2D eigenvalue weighted by Gasteiger charge is 2.54. The van der Waals surface area contributed by atoms with Gasteiger partial charge in [-0.15, -0.1) is 0 Å². The molecular weight excluding hydrogens is 534 g/mol. The standard InChI is InChI=1S/C32H35N3O5Si/c1-4-32(40-28(36)13-14-33)24-16-25-29(30(37)23(24)18-39-31(32)38)35-17-22-21(15-27(35)34-25)11-8-12-26(22)41(2,3)19-20-9-6-5-7-10-20/h5-12,15,34H,4,13-14,16-19,33H2,1-3H3. The zero-order valence-corrected chi connectivity index (χ0v) is 24.7. The summed E-state index contributed by atoms with van der Waals surface area (Å²) in [5.74, 6) is -0.584. The first-order chi connectivity index (χ1) is 19.7. The highest BCUT2D eigenvalue weighted by atomic mass is 28.3. The summed E-state index contributed by atoms with van der Waals surface area (Å²) in [7, 11) is -1.89. The molecule has 0 bridgehead atoms. The Morgan fingerprint density at radius 1 is 1.15 bits per heavy atom. The van der Waals surface area contributed by atoms with Crippen LogP contribution in [0.2, 0.25) is 13.1 Å². The average molecular weight is 570 g/mol. The Morgan fingerprint density at radius 3 is 2.66 bits per heavy atom. The van der Waals surface area contributed by atoms with Crippen molar-refractivity contribution in [1.29, 1.82) is 0 Å². The molecule has 212 valence electrons. The summed E-state index contributed by atoms with van der Waals surface area (Å²) in [5, 5.41) is 4.85. The lowest BCUT2D eigenvalue weighted by atomic mass is 9.78. The minimum Gasteiger partial charge on any atom is -0.457 e. The fourth-order valence-corrected chi connectivity index (χ4v) is 9.70. The number of nitrogens with zero attached hydrogens (tertiary/aromatic N) is 1. The monoisotopic (exact) mass is 569 g/mol. The van der Waals surface area contributed by atoms with Gasteiger partial charge in [0.1, 0.15) is 18.1 Å². The van der Waals surface area contributed by atoms with E-state index in [1.165, 1.54) is 16.3 Å². The van der Waals surface area contributed by atoms with Crippen LogP contribution >= 0.6 is 0 Å². The summed E-state index contributed by atoms with van der Waals surface area (Å²) in [6, 6.07) is 18.1. The molecular formula is C32H35N3O5Si. The van der Waals surface area contributed by atoms with Crippen molar-refractivity contribution in [1.82, 2.24) is 10.2 Å². The van der Waals surface area contributed by atoms with Gasteiger partial charge in [0.15, 0.2) is 0 Å². The number of ketones is 1. The molecule has 0 radical (unpaired) electrons. The topological polar surface area (TPSA) is 111 Å². The minimum atomic E-state index is -1.89. The molecule has 1 atom stereocenters. The van der Waals surface area contributed by atoms with Crippen LogP contribution in [0.15, 0.2) is 76.9 Å². The minimum absolute atomic E-state index is 0.0248. The molecule has 8 nitrogen and oxygen atoms in total. The largest absolute Gasteiger partial charge is 0.457 e. The first-order valence-electron chi connectivity index (χ1n) is 14.2. The molecule has 41 heavy (non-hydrogen) atoms. The van der Waals surface area contributed by atoms with Crippen molar-refractivity contribution in [2.75, 3.05) is 13.2 Å². The predicted octanol–water partition coefficient (Wildman–Crippen LogP) is 3.18. The number of nitrogens with one attached hydrogen (secondary N) is 1. The molecule has 3 N–H and O–H groups in total. The van der Waals surface area contributed by atoms with Crippen LogP contribution in [0, 0.1) is 0 Å². The Labute approximate surface area is 240 Å². The Morgan fingerprint density at radius 2 is 1.93 bits per heavy atom. The molecule has 1 aliphatic carbocycles. The number of benzene rings is 2. The van der Waals surface area contributed by atoms with E-state index < -0.39 is 25.6 Å². The van der Waals surface area contributed by atoms with Crippen LogP contribution in [0.25, 0.3) is 6.08 Å². The summed E-state index contributed by atoms with van der Waals surface area (Å²) < 4.78 is 11.2. The Bertz CT molecular complexity index is 1560. The van der Waals surface area contributed by atoms with Crippen LogP contribution < -0.4 is 16.2 Å². The second-order valence-electron chi connectivity index (χ2n) is 11.7. The van der Waals surface area contributed by atoms with Crippen LogP contribution in [0.4, 0.5) is 0 Å². The SMILES string of the molecule is CCC1(OC(=O)CCN)C(=O)OCC2=C1CC1=C(C2=O)N2Cc3c(cccc3[Si](C)(C)Cc3ccccc3)C=C2N1. The van der Waals surface area contributed by atoms with Gasteiger partial charge in [-0.2, -0.15) is 0 Å². The second-order valence-corrected chi connectivity index (χ2v) is 16.4. The van der Waals surface area contributed by atoms with E-state index in [4.69, 9.17) is 15.2 Å². The van der Waals surface area contributed by atoms with Gasteiger partial charge in [-0.1, -0.05) is 79.3 Å². The highest BCUT2D eigenvalue weighted by Crippen LogP contribution is 2.45. The van der Waals surface area contributed by atoms with E-state index in [-0.39, 0.29) is 31.8 Å². The number of hydrogen-bond donors (Lipinski definition) is 2. The normalized spacial score (nSPS) is 21.4. The van der Waals surface area contributed by atoms with Gasteiger partial charge in [-0.25, -0.2) is 4.79 Å². The maximum Gasteiger partial charge on any atom is 0.355 e. The van der Waals surface area contributed by atoms with Crippen LogP contribution in [0.1, 0.15) is 42.9 Å². The highest BCUT2D eigenvalue weighted by molar-refractivity contribution is 6.89. The smallest absolute Gasteiger partial charge is 0.355 e. The zero-order chi connectivity index (χ0) is 28.9. The zero-order valence-electron chi connectivity index (χ0n) is 23.7. The Balaban J connectivity index is 1.34. The number of ether oxygens (including phenoxy) is 2. The molecule has 3 aliphatic heterocycles. The third-order valence-corrected chi connectivity index (χ3v) is 11.9. The van der Waals surface area contributed by atoms with E-state index in [9.17, 15) is 14.4 Å². The van der Waals surface area contributed by atoms with Crippen molar-refractivity contribution in [3.63, 3.8) is 0 Å². The molecule has 1 unspecified atom stereocenters. The maximum atomic E-state index is 14.1. The van der Waals surface area contributed by atoms with Gasteiger partial charge in [-0.3, -0.25) is 9.59 Å².